The normalized spacial score (nSPS) is 13.9. The Morgan fingerprint density at radius 1 is 1.12 bits per heavy atom. The van der Waals surface area contributed by atoms with Crippen LogP contribution < -0.4 is 15.0 Å². The van der Waals surface area contributed by atoms with Crippen LogP contribution in [0.1, 0.15) is 5.56 Å². The number of amides is 2. The minimum atomic E-state index is -0.116. The van der Waals surface area contributed by atoms with Gasteiger partial charge >= 0.3 is 6.03 Å². The number of nitriles is 1. The number of anilines is 2. The first-order chi connectivity index (χ1) is 12.2. The van der Waals surface area contributed by atoms with Crippen molar-refractivity contribution in [3.63, 3.8) is 0 Å². The lowest BCUT2D eigenvalue weighted by Gasteiger charge is -2.36. The Hall–Kier alpha value is -3.20. The SMILES string of the molecule is COc1cccc(N2CCN(C(=O)Nc3ccc(C#N)cc3)CC2)c1. The number of hydrogen-bond donors (Lipinski definition) is 1. The van der Waals surface area contributed by atoms with Crippen molar-refractivity contribution in [2.45, 2.75) is 0 Å². The van der Waals surface area contributed by atoms with E-state index in [0.717, 1.165) is 24.5 Å². The molecule has 6 nitrogen and oxygen atoms in total. The van der Waals surface area contributed by atoms with Gasteiger partial charge in [-0.1, -0.05) is 6.07 Å². The van der Waals surface area contributed by atoms with Crippen molar-refractivity contribution in [1.29, 1.82) is 5.26 Å². The Kier molecular flexibility index (Phi) is 5.05. The molecule has 0 unspecified atom stereocenters. The predicted molar refractivity (Wildman–Crippen MR) is 97.0 cm³/mol. The zero-order valence-corrected chi connectivity index (χ0v) is 14.1. The van der Waals surface area contributed by atoms with E-state index >= 15 is 0 Å². The molecule has 0 saturated carbocycles. The van der Waals surface area contributed by atoms with E-state index in [4.69, 9.17) is 10.00 Å². The molecule has 3 rings (SSSR count). The van der Waals surface area contributed by atoms with Crippen molar-refractivity contribution < 1.29 is 9.53 Å². The fourth-order valence-electron chi connectivity index (χ4n) is 2.81. The molecule has 1 fully saturated rings. The molecule has 128 valence electrons. The van der Waals surface area contributed by atoms with E-state index in [1.54, 1.807) is 36.3 Å². The maximum Gasteiger partial charge on any atom is 0.321 e. The summed E-state index contributed by atoms with van der Waals surface area (Å²) in [4.78, 5) is 16.4. The molecule has 1 N–H and O–H groups in total. The molecule has 0 aliphatic carbocycles. The number of carbonyl (C=O) groups excluding carboxylic acids is 1. The standard InChI is InChI=1S/C19H20N4O2/c1-25-18-4-2-3-17(13-18)22-9-11-23(12-10-22)19(24)21-16-7-5-15(14-20)6-8-16/h2-8,13H,9-12H2,1H3,(H,21,24). The second kappa shape index (κ2) is 7.58. The highest BCUT2D eigenvalue weighted by molar-refractivity contribution is 5.89. The van der Waals surface area contributed by atoms with Crippen molar-refractivity contribution in [3.8, 4) is 11.8 Å². The van der Waals surface area contributed by atoms with E-state index in [0.29, 0.717) is 24.3 Å². The highest BCUT2D eigenvalue weighted by atomic mass is 16.5. The third-order valence-corrected chi connectivity index (χ3v) is 4.25. The minimum absolute atomic E-state index is 0.116. The molecule has 25 heavy (non-hydrogen) atoms. The molecular formula is C19H20N4O2. The van der Waals surface area contributed by atoms with Crippen LogP contribution in [0.25, 0.3) is 0 Å². The van der Waals surface area contributed by atoms with Gasteiger partial charge in [-0.3, -0.25) is 0 Å². The maximum absolute atomic E-state index is 12.4. The zero-order chi connectivity index (χ0) is 17.6. The quantitative estimate of drug-likeness (QED) is 0.936. The molecule has 0 aromatic heterocycles. The number of benzene rings is 2. The summed E-state index contributed by atoms with van der Waals surface area (Å²) < 4.78 is 5.27. The molecule has 2 aromatic carbocycles. The molecular weight excluding hydrogens is 316 g/mol. The summed E-state index contributed by atoms with van der Waals surface area (Å²) >= 11 is 0. The molecule has 6 heteroatoms. The van der Waals surface area contributed by atoms with Crippen LogP contribution in [-0.4, -0.2) is 44.2 Å². The van der Waals surface area contributed by atoms with E-state index < -0.39 is 0 Å². The van der Waals surface area contributed by atoms with Gasteiger partial charge in [0.1, 0.15) is 5.75 Å². The Morgan fingerprint density at radius 2 is 1.84 bits per heavy atom. The van der Waals surface area contributed by atoms with Gasteiger partial charge in [0.05, 0.1) is 18.7 Å². The molecule has 1 aliphatic heterocycles. The lowest BCUT2D eigenvalue weighted by molar-refractivity contribution is 0.208. The average molecular weight is 336 g/mol. The summed E-state index contributed by atoms with van der Waals surface area (Å²) in [6, 6.07) is 16.8. The first-order valence-corrected chi connectivity index (χ1v) is 8.14. The van der Waals surface area contributed by atoms with Crippen molar-refractivity contribution in [2.24, 2.45) is 0 Å². The Bertz CT molecular complexity index is 775. The minimum Gasteiger partial charge on any atom is -0.497 e. The van der Waals surface area contributed by atoms with Gasteiger partial charge in [0.2, 0.25) is 0 Å². The number of rotatable bonds is 3. The molecule has 1 aliphatic rings. The molecule has 0 spiro atoms. The van der Waals surface area contributed by atoms with Gasteiger partial charge in [-0.25, -0.2) is 4.79 Å². The van der Waals surface area contributed by atoms with Gasteiger partial charge in [0.15, 0.2) is 0 Å². The third kappa shape index (κ3) is 4.01. The molecule has 0 radical (unpaired) electrons. The van der Waals surface area contributed by atoms with Crippen molar-refractivity contribution in [1.82, 2.24) is 4.90 Å². The van der Waals surface area contributed by atoms with E-state index in [1.807, 2.05) is 18.2 Å². The van der Waals surface area contributed by atoms with Gasteiger partial charge in [0, 0.05) is 43.6 Å². The van der Waals surface area contributed by atoms with Gasteiger partial charge in [0.25, 0.3) is 0 Å². The van der Waals surface area contributed by atoms with Crippen LogP contribution in [0.5, 0.6) is 5.75 Å². The number of hydrogen-bond acceptors (Lipinski definition) is 4. The van der Waals surface area contributed by atoms with Crippen LogP contribution in [0.15, 0.2) is 48.5 Å². The van der Waals surface area contributed by atoms with Crippen LogP contribution in [0.4, 0.5) is 16.2 Å². The van der Waals surface area contributed by atoms with E-state index in [-0.39, 0.29) is 6.03 Å². The molecule has 1 heterocycles. The summed E-state index contributed by atoms with van der Waals surface area (Å²) in [7, 11) is 1.66. The predicted octanol–water partition coefficient (Wildman–Crippen LogP) is 2.92. The first-order valence-electron chi connectivity index (χ1n) is 8.14. The number of piperazine rings is 1. The summed E-state index contributed by atoms with van der Waals surface area (Å²) in [6.07, 6.45) is 0. The molecule has 2 amide bonds. The highest BCUT2D eigenvalue weighted by Gasteiger charge is 2.21. The van der Waals surface area contributed by atoms with Crippen LogP contribution in [-0.2, 0) is 0 Å². The summed E-state index contributed by atoms with van der Waals surface area (Å²) in [5.41, 5.74) is 2.37. The number of ether oxygens (including phenoxy) is 1. The molecule has 0 bridgehead atoms. The topological polar surface area (TPSA) is 68.6 Å². The Labute approximate surface area is 147 Å². The Balaban J connectivity index is 1.56. The van der Waals surface area contributed by atoms with Gasteiger partial charge in [-0.05, 0) is 36.4 Å². The van der Waals surface area contributed by atoms with E-state index in [2.05, 4.69) is 22.4 Å². The number of methoxy groups -OCH3 is 1. The largest absolute Gasteiger partial charge is 0.497 e. The summed E-state index contributed by atoms with van der Waals surface area (Å²) in [5, 5.41) is 11.7. The van der Waals surface area contributed by atoms with Crippen LogP contribution in [0.2, 0.25) is 0 Å². The van der Waals surface area contributed by atoms with Gasteiger partial charge < -0.3 is 19.9 Å². The van der Waals surface area contributed by atoms with Crippen molar-refractivity contribution >= 4 is 17.4 Å². The lowest BCUT2D eigenvalue weighted by Crippen LogP contribution is -2.50. The fourth-order valence-corrected chi connectivity index (χ4v) is 2.81. The van der Waals surface area contributed by atoms with Crippen molar-refractivity contribution in [3.05, 3.63) is 54.1 Å². The fraction of sp³-hybridized carbons (Fsp3) is 0.263. The molecule has 2 aromatic rings. The molecule has 0 atom stereocenters. The van der Waals surface area contributed by atoms with Crippen LogP contribution in [0, 0.1) is 11.3 Å². The smallest absolute Gasteiger partial charge is 0.321 e. The number of carbonyl (C=O) groups is 1. The highest BCUT2D eigenvalue weighted by Crippen LogP contribution is 2.22. The van der Waals surface area contributed by atoms with E-state index in [1.165, 1.54) is 0 Å². The second-order valence-electron chi connectivity index (χ2n) is 5.79. The Morgan fingerprint density at radius 3 is 2.48 bits per heavy atom. The lowest BCUT2D eigenvalue weighted by atomic mass is 10.2. The third-order valence-electron chi connectivity index (χ3n) is 4.25. The summed E-state index contributed by atoms with van der Waals surface area (Å²) in [5.74, 6) is 0.832. The van der Waals surface area contributed by atoms with Crippen LogP contribution in [0.3, 0.4) is 0 Å². The number of nitrogens with zero attached hydrogens (tertiary/aromatic N) is 3. The van der Waals surface area contributed by atoms with Gasteiger partial charge in [-0.15, -0.1) is 0 Å². The second-order valence-corrected chi connectivity index (χ2v) is 5.79. The maximum atomic E-state index is 12.4. The van der Waals surface area contributed by atoms with Crippen molar-refractivity contribution in [2.75, 3.05) is 43.5 Å². The van der Waals surface area contributed by atoms with Crippen LogP contribution >= 0.6 is 0 Å². The zero-order valence-electron chi connectivity index (χ0n) is 14.1. The number of urea groups is 1. The monoisotopic (exact) mass is 336 g/mol. The number of nitrogens with one attached hydrogen (secondary N) is 1. The first kappa shape index (κ1) is 16.7. The summed E-state index contributed by atoms with van der Waals surface area (Å²) in [6.45, 7) is 2.85. The average Bonchev–Trinajstić information content (AvgIpc) is 2.68. The molecule has 1 saturated heterocycles. The van der Waals surface area contributed by atoms with E-state index in [9.17, 15) is 4.79 Å². The van der Waals surface area contributed by atoms with Gasteiger partial charge in [-0.2, -0.15) is 5.26 Å².